The van der Waals surface area contributed by atoms with Crippen molar-refractivity contribution in [2.24, 2.45) is 5.41 Å². The molecular weight excluding hydrogens is 344 g/mol. The van der Waals surface area contributed by atoms with Crippen molar-refractivity contribution in [3.05, 3.63) is 65.4 Å². The number of amides is 1. The van der Waals surface area contributed by atoms with E-state index in [1.54, 1.807) is 37.1 Å². The molecule has 0 spiro atoms. The van der Waals surface area contributed by atoms with Crippen LogP contribution in [0.2, 0.25) is 0 Å². The molecule has 0 aliphatic rings. The van der Waals surface area contributed by atoms with Gasteiger partial charge in [-0.25, -0.2) is 9.97 Å². The fourth-order valence-corrected chi connectivity index (χ4v) is 2.58. The van der Waals surface area contributed by atoms with Crippen LogP contribution in [0, 0.1) is 5.41 Å². The lowest BCUT2D eigenvalue weighted by atomic mass is 9.86. The zero-order chi connectivity index (χ0) is 19.4. The Kier molecular flexibility index (Phi) is 5.16. The van der Waals surface area contributed by atoms with Crippen LogP contribution < -0.4 is 10.9 Å². The minimum atomic E-state index is -0.489. The van der Waals surface area contributed by atoms with Gasteiger partial charge in [-0.2, -0.15) is 0 Å². The molecule has 8 heteroatoms. The number of nitrogens with one attached hydrogen (secondary N) is 2. The van der Waals surface area contributed by atoms with E-state index in [2.05, 4.69) is 25.3 Å². The van der Waals surface area contributed by atoms with E-state index in [4.69, 9.17) is 0 Å². The highest BCUT2D eigenvalue weighted by molar-refractivity contribution is 5.93. The molecule has 1 amide bonds. The summed E-state index contributed by atoms with van der Waals surface area (Å²) in [5.74, 6) is -0.0861. The van der Waals surface area contributed by atoms with Gasteiger partial charge in [0.1, 0.15) is 11.4 Å². The fourth-order valence-electron chi connectivity index (χ4n) is 2.58. The van der Waals surface area contributed by atoms with Gasteiger partial charge in [0.2, 0.25) is 0 Å². The predicted octanol–water partition coefficient (Wildman–Crippen LogP) is 1.87. The maximum atomic E-state index is 12.7. The molecule has 0 fully saturated rings. The van der Waals surface area contributed by atoms with E-state index in [1.165, 1.54) is 6.20 Å². The van der Waals surface area contributed by atoms with Gasteiger partial charge in [-0.1, -0.05) is 20.8 Å². The Bertz CT molecular complexity index is 958. The zero-order valence-electron chi connectivity index (χ0n) is 15.5. The zero-order valence-corrected chi connectivity index (χ0v) is 15.5. The summed E-state index contributed by atoms with van der Waals surface area (Å²) in [7, 11) is 0. The Morgan fingerprint density at radius 1 is 1.26 bits per heavy atom. The number of imidazole rings is 1. The van der Waals surface area contributed by atoms with Crippen molar-refractivity contribution >= 4 is 5.91 Å². The van der Waals surface area contributed by atoms with Gasteiger partial charge >= 0.3 is 0 Å². The molecule has 1 atom stereocenters. The molecule has 0 saturated heterocycles. The number of aromatic amines is 1. The van der Waals surface area contributed by atoms with E-state index < -0.39 is 11.5 Å². The van der Waals surface area contributed by atoms with Gasteiger partial charge in [0, 0.05) is 43.1 Å². The van der Waals surface area contributed by atoms with Gasteiger partial charge in [0.15, 0.2) is 0 Å². The van der Waals surface area contributed by atoms with Crippen molar-refractivity contribution in [1.82, 2.24) is 29.8 Å². The normalized spacial score (nSPS) is 12.6. The summed E-state index contributed by atoms with van der Waals surface area (Å²) in [5.41, 5.74) is -0.0520. The van der Waals surface area contributed by atoms with Crippen molar-refractivity contribution in [3.63, 3.8) is 0 Å². The van der Waals surface area contributed by atoms with Crippen molar-refractivity contribution < 1.29 is 4.79 Å². The number of nitrogens with zero attached hydrogens (tertiary/aromatic N) is 4. The van der Waals surface area contributed by atoms with E-state index in [0.29, 0.717) is 17.9 Å². The van der Waals surface area contributed by atoms with E-state index in [0.717, 1.165) is 0 Å². The molecule has 3 heterocycles. The average molecular weight is 366 g/mol. The van der Waals surface area contributed by atoms with Crippen LogP contribution in [0.25, 0.3) is 11.4 Å². The van der Waals surface area contributed by atoms with Gasteiger partial charge in [-0.15, -0.1) is 0 Å². The predicted molar refractivity (Wildman–Crippen MR) is 101 cm³/mol. The Balaban J connectivity index is 1.81. The first-order valence-electron chi connectivity index (χ1n) is 8.61. The molecule has 2 N–H and O–H groups in total. The summed E-state index contributed by atoms with van der Waals surface area (Å²) in [6.45, 7) is 6.64. The van der Waals surface area contributed by atoms with Crippen LogP contribution in [-0.2, 0) is 6.54 Å². The topological polar surface area (TPSA) is 106 Å². The van der Waals surface area contributed by atoms with E-state index in [9.17, 15) is 9.59 Å². The molecule has 0 aromatic carbocycles. The van der Waals surface area contributed by atoms with E-state index in [-0.39, 0.29) is 17.0 Å². The Morgan fingerprint density at radius 2 is 2.07 bits per heavy atom. The third kappa shape index (κ3) is 4.46. The smallest absolute Gasteiger partial charge is 0.264 e. The maximum absolute atomic E-state index is 12.7. The standard InChI is InChI=1S/C19H22N6O2/c1-19(2,3)15(11-25-8-7-21-12-25)23-17(26)14-10-22-16(24-18(14)27)13-5-4-6-20-9-13/h4-10,12,15H,11H2,1-3H3,(H,23,26)(H,22,24,27)/t15-/m1/s1. The van der Waals surface area contributed by atoms with Crippen molar-refractivity contribution in [3.8, 4) is 11.4 Å². The number of H-pyrrole nitrogens is 1. The molecular formula is C19H22N6O2. The largest absolute Gasteiger partial charge is 0.347 e. The third-order valence-electron chi connectivity index (χ3n) is 4.28. The molecule has 0 aliphatic heterocycles. The molecule has 8 nitrogen and oxygen atoms in total. The first-order chi connectivity index (χ1) is 12.8. The van der Waals surface area contributed by atoms with Crippen LogP contribution >= 0.6 is 0 Å². The summed E-state index contributed by atoms with van der Waals surface area (Å²) in [6, 6.07) is 3.34. The lowest BCUT2D eigenvalue weighted by Gasteiger charge is -2.31. The SMILES string of the molecule is CC(C)(C)[C@@H](Cn1ccnc1)NC(=O)c1cnc(-c2cccnc2)[nH]c1=O. The minimum Gasteiger partial charge on any atom is -0.347 e. The van der Waals surface area contributed by atoms with Gasteiger partial charge in [0.25, 0.3) is 11.5 Å². The molecule has 3 aromatic heterocycles. The molecule has 140 valence electrons. The van der Waals surface area contributed by atoms with Crippen LogP contribution in [0.1, 0.15) is 31.1 Å². The molecule has 0 unspecified atom stereocenters. The van der Waals surface area contributed by atoms with Crippen LogP contribution in [-0.4, -0.2) is 36.5 Å². The molecule has 0 saturated carbocycles. The lowest BCUT2D eigenvalue weighted by Crippen LogP contribution is -2.47. The number of carbonyl (C=O) groups is 1. The minimum absolute atomic E-state index is 0.0254. The molecule has 3 aromatic rings. The summed E-state index contributed by atoms with van der Waals surface area (Å²) in [4.78, 5) is 40.0. The summed E-state index contributed by atoms with van der Waals surface area (Å²) < 4.78 is 1.89. The van der Waals surface area contributed by atoms with Crippen LogP contribution in [0.4, 0.5) is 0 Å². The second kappa shape index (κ2) is 7.53. The van der Waals surface area contributed by atoms with Crippen molar-refractivity contribution in [2.75, 3.05) is 0 Å². The quantitative estimate of drug-likeness (QED) is 0.717. The molecule has 0 radical (unpaired) electrons. The number of pyridine rings is 1. The summed E-state index contributed by atoms with van der Waals surface area (Å²) in [6.07, 6.45) is 9.75. The first-order valence-corrected chi connectivity index (χ1v) is 8.61. The Morgan fingerprint density at radius 3 is 2.67 bits per heavy atom. The highest BCUT2D eigenvalue weighted by Gasteiger charge is 2.28. The molecule has 3 rings (SSSR count). The number of aromatic nitrogens is 5. The second-order valence-corrected chi connectivity index (χ2v) is 7.37. The Hall–Kier alpha value is -3.29. The second-order valence-electron chi connectivity index (χ2n) is 7.37. The molecule has 0 aliphatic carbocycles. The van der Waals surface area contributed by atoms with E-state index in [1.807, 2.05) is 31.5 Å². The number of hydrogen-bond donors (Lipinski definition) is 2. The van der Waals surface area contributed by atoms with Gasteiger partial charge in [-0.3, -0.25) is 14.6 Å². The van der Waals surface area contributed by atoms with Gasteiger partial charge in [-0.05, 0) is 17.5 Å². The fraction of sp³-hybridized carbons (Fsp3) is 0.316. The van der Waals surface area contributed by atoms with Crippen molar-refractivity contribution in [1.29, 1.82) is 0 Å². The summed E-state index contributed by atoms with van der Waals surface area (Å²) in [5, 5.41) is 2.95. The average Bonchev–Trinajstić information content (AvgIpc) is 3.14. The number of hydrogen-bond acceptors (Lipinski definition) is 5. The van der Waals surface area contributed by atoms with Crippen molar-refractivity contribution in [2.45, 2.75) is 33.4 Å². The van der Waals surface area contributed by atoms with Crippen LogP contribution in [0.3, 0.4) is 0 Å². The summed E-state index contributed by atoms with van der Waals surface area (Å²) >= 11 is 0. The maximum Gasteiger partial charge on any atom is 0.264 e. The van der Waals surface area contributed by atoms with Gasteiger partial charge in [0.05, 0.1) is 12.4 Å². The lowest BCUT2D eigenvalue weighted by molar-refractivity contribution is 0.0890. The van der Waals surface area contributed by atoms with Crippen LogP contribution in [0.15, 0.2) is 54.2 Å². The first kappa shape index (κ1) is 18.5. The highest BCUT2D eigenvalue weighted by Crippen LogP contribution is 2.21. The van der Waals surface area contributed by atoms with Crippen LogP contribution in [0.5, 0.6) is 0 Å². The Labute approximate surface area is 156 Å². The van der Waals surface area contributed by atoms with E-state index >= 15 is 0 Å². The number of carbonyl (C=O) groups excluding carboxylic acids is 1. The van der Waals surface area contributed by atoms with Gasteiger partial charge < -0.3 is 14.9 Å². The molecule has 27 heavy (non-hydrogen) atoms. The molecule has 0 bridgehead atoms. The monoisotopic (exact) mass is 366 g/mol. The third-order valence-corrected chi connectivity index (χ3v) is 4.28. The number of rotatable bonds is 5. The highest BCUT2D eigenvalue weighted by atomic mass is 16.2.